The predicted molar refractivity (Wildman–Crippen MR) is 296 cm³/mol. The first kappa shape index (κ1) is 62.4. The van der Waals surface area contributed by atoms with Crippen molar-refractivity contribution in [2.45, 2.75) is 263 Å². The van der Waals surface area contributed by atoms with Gasteiger partial charge in [-0.25, -0.2) is 0 Å². The number of ether oxygens (including phenoxy) is 3. The first-order chi connectivity index (χ1) is 34.4. The molecule has 0 saturated heterocycles. The number of hydrogen-bond donors (Lipinski definition) is 0. The molecule has 0 bridgehead atoms. The van der Waals surface area contributed by atoms with Crippen LogP contribution in [0.25, 0.3) is 0 Å². The Bertz CT molecular complexity index is 1440. The smallest absolute Gasteiger partial charge is 0.311 e. The maximum absolute atomic E-state index is 12.7. The number of hydrogen-bond acceptors (Lipinski definition) is 7. The molecule has 2 aromatic rings. The van der Waals surface area contributed by atoms with Gasteiger partial charge in [-0.15, -0.1) is 0 Å². The lowest BCUT2D eigenvalue weighted by molar-refractivity contribution is -0.150. The van der Waals surface area contributed by atoms with E-state index in [-0.39, 0.29) is 24.0 Å². The van der Waals surface area contributed by atoms with E-state index in [9.17, 15) is 14.4 Å². The Kier molecular flexibility index (Phi) is 42.4. The third-order valence-corrected chi connectivity index (χ3v) is 13.4. The minimum atomic E-state index is -0.123. The molecule has 7 heteroatoms. The van der Waals surface area contributed by atoms with Crippen molar-refractivity contribution in [2.24, 2.45) is 0 Å². The molecule has 0 spiro atoms. The van der Waals surface area contributed by atoms with Crippen molar-refractivity contribution in [3.05, 3.63) is 85.0 Å². The Morgan fingerprint density at radius 1 is 0.371 bits per heavy atom. The van der Waals surface area contributed by atoms with Gasteiger partial charge in [0, 0.05) is 19.3 Å². The molecule has 0 aromatic heterocycles. The number of carbonyl (C=O) groups excluding carboxylic acids is 3. The van der Waals surface area contributed by atoms with Crippen molar-refractivity contribution in [3.8, 4) is 11.5 Å². The van der Waals surface area contributed by atoms with Gasteiger partial charge < -0.3 is 19.1 Å². The molecule has 2 aromatic carbocycles. The van der Waals surface area contributed by atoms with Crippen molar-refractivity contribution < 1.29 is 28.6 Å². The topological polar surface area (TPSA) is 82.1 Å². The fourth-order valence-electron chi connectivity index (χ4n) is 9.08. The molecule has 0 saturated carbocycles. The second-order valence-electron chi connectivity index (χ2n) is 20.4. The zero-order valence-electron chi connectivity index (χ0n) is 45.0. The number of para-hydroxylation sites is 2. The summed E-state index contributed by atoms with van der Waals surface area (Å²) in [4.78, 5) is 38.7. The van der Waals surface area contributed by atoms with Crippen LogP contribution < -0.4 is 9.47 Å². The lowest BCUT2D eigenvalue weighted by atomic mass is 10.0. The van der Waals surface area contributed by atoms with Gasteiger partial charge in [0.25, 0.3) is 0 Å². The van der Waals surface area contributed by atoms with Gasteiger partial charge in [-0.05, 0) is 141 Å². The van der Waals surface area contributed by atoms with Gasteiger partial charge in [0.15, 0.2) is 0 Å². The number of allylic oxidation sites excluding steroid dienone is 4. The highest BCUT2D eigenvalue weighted by Gasteiger charge is 2.15. The van der Waals surface area contributed by atoms with Crippen LogP contribution in [-0.2, 0) is 19.1 Å². The zero-order valence-corrected chi connectivity index (χ0v) is 45.0. The van der Waals surface area contributed by atoms with E-state index in [4.69, 9.17) is 14.2 Å². The molecule has 0 fully saturated rings. The van der Waals surface area contributed by atoms with Crippen LogP contribution in [0.4, 0.5) is 0 Å². The summed E-state index contributed by atoms with van der Waals surface area (Å²) in [6, 6.07) is 18.7. The molecule has 0 aliphatic carbocycles. The predicted octanol–water partition coefficient (Wildman–Crippen LogP) is 18.4. The van der Waals surface area contributed by atoms with Crippen LogP contribution in [-0.4, -0.2) is 49.6 Å². The SMILES string of the molecule is CN(C)CCCC(=O)OC(CCCCCCCCCC/C=C\CCCCCCCCCC(=O)Oc1ccccc1)CCCCCCCCCC/C=C\CCCCCCCCCC(=O)Oc1ccccc1. The quantitative estimate of drug-likeness (QED) is 0.0283. The minimum absolute atomic E-state index is 0.00299. The fraction of sp³-hybridized carbons (Fsp3) is 0.698. The standard InChI is InChI=1S/C63H103NO6/c1-64(2)57-47-56-63(67)70-58(48-39-33-29-25-21-17-13-9-5-3-7-11-15-19-23-27-31-35-45-54-61(65)68-59-50-41-37-42-51-59)49-40-34-30-26-22-18-14-10-6-4-8-12-16-20-24-28-32-36-46-55-62(66)69-60-52-43-38-44-53-60/h3-4,7-8,37-38,41-44,50-53,58H,5-6,9-36,39-40,45-49,54-57H2,1-2H3/b7-3-,8-4-. The Morgan fingerprint density at radius 3 is 0.986 bits per heavy atom. The monoisotopic (exact) mass is 970 g/mol. The van der Waals surface area contributed by atoms with Crippen LogP contribution in [0.2, 0.25) is 0 Å². The molecule has 7 nitrogen and oxygen atoms in total. The number of esters is 3. The number of carbonyl (C=O) groups is 3. The maximum Gasteiger partial charge on any atom is 0.311 e. The average molecular weight is 971 g/mol. The minimum Gasteiger partial charge on any atom is -0.462 e. The van der Waals surface area contributed by atoms with Crippen molar-refractivity contribution in [1.82, 2.24) is 4.90 Å². The second kappa shape index (κ2) is 47.6. The molecule has 70 heavy (non-hydrogen) atoms. The van der Waals surface area contributed by atoms with Crippen LogP contribution in [0.15, 0.2) is 85.0 Å². The Morgan fingerprint density at radius 2 is 0.657 bits per heavy atom. The number of unbranched alkanes of at least 4 members (excludes halogenated alkanes) is 30. The fourth-order valence-corrected chi connectivity index (χ4v) is 9.08. The molecule has 0 amide bonds. The van der Waals surface area contributed by atoms with E-state index in [1.54, 1.807) is 0 Å². The Hall–Kier alpha value is -3.71. The van der Waals surface area contributed by atoms with Crippen molar-refractivity contribution >= 4 is 17.9 Å². The van der Waals surface area contributed by atoms with E-state index in [0.717, 1.165) is 51.5 Å². The molecular formula is C63H103NO6. The largest absolute Gasteiger partial charge is 0.462 e. The van der Waals surface area contributed by atoms with E-state index in [0.29, 0.717) is 30.8 Å². The Labute approximate surface area is 429 Å². The summed E-state index contributed by atoms with van der Waals surface area (Å²) in [6.07, 6.45) is 56.4. The zero-order chi connectivity index (χ0) is 50.1. The van der Waals surface area contributed by atoms with Gasteiger partial charge in [0.2, 0.25) is 0 Å². The molecule has 2 rings (SSSR count). The van der Waals surface area contributed by atoms with Gasteiger partial charge >= 0.3 is 17.9 Å². The molecule has 0 heterocycles. The highest BCUT2D eigenvalue weighted by molar-refractivity contribution is 5.72. The number of benzene rings is 2. The van der Waals surface area contributed by atoms with Crippen molar-refractivity contribution in [2.75, 3.05) is 20.6 Å². The summed E-state index contributed by atoms with van der Waals surface area (Å²) in [5.74, 6) is 1.03. The van der Waals surface area contributed by atoms with Crippen LogP contribution in [0, 0.1) is 0 Å². The number of nitrogens with zero attached hydrogens (tertiary/aromatic N) is 1. The van der Waals surface area contributed by atoms with Crippen LogP contribution >= 0.6 is 0 Å². The first-order valence-corrected chi connectivity index (χ1v) is 29.1. The van der Waals surface area contributed by atoms with Crippen molar-refractivity contribution in [1.29, 1.82) is 0 Å². The third kappa shape index (κ3) is 42.0. The Balaban J connectivity index is 1.36. The summed E-state index contributed by atoms with van der Waals surface area (Å²) in [5, 5.41) is 0. The summed E-state index contributed by atoms with van der Waals surface area (Å²) >= 11 is 0. The average Bonchev–Trinajstić information content (AvgIpc) is 3.35. The van der Waals surface area contributed by atoms with Crippen LogP contribution in [0.1, 0.15) is 257 Å². The summed E-state index contributed by atoms with van der Waals surface area (Å²) in [6.45, 7) is 0.928. The van der Waals surface area contributed by atoms with E-state index in [1.807, 2.05) is 60.7 Å². The number of rotatable bonds is 49. The maximum atomic E-state index is 12.7. The van der Waals surface area contributed by atoms with Gasteiger partial charge in [-0.2, -0.15) is 0 Å². The summed E-state index contributed by atoms with van der Waals surface area (Å²) < 4.78 is 16.8. The van der Waals surface area contributed by atoms with Gasteiger partial charge in [-0.1, -0.05) is 202 Å². The second-order valence-corrected chi connectivity index (χ2v) is 20.4. The third-order valence-electron chi connectivity index (χ3n) is 13.4. The molecule has 0 aliphatic heterocycles. The first-order valence-electron chi connectivity index (χ1n) is 29.1. The molecule has 0 N–H and O–H groups in total. The summed E-state index contributed by atoms with van der Waals surface area (Å²) in [5.41, 5.74) is 0. The van der Waals surface area contributed by atoms with Crippen molar-refractivity contribution in [3.63, 3.8) is 0 Å². The van der Waals surface area contributed by atoms with Gasteiger partial charge in [-0.3, -0.25) is 14.4 Å². The molecule has 0 unspecified atom stereocenters. The highest BCUT2D eigenvalue weighted by atomic mass is 16.5. The molecular weight excluding hydrogens is 867 g/mol. The molecule has 0 atom stereocenters. The molecule has 0 radical (unpaired) electrons. The molecule has 396 valence electrons. The lowest BCUT2D eigenvalue weighted by Crippen LogP contribution is -2.20. The molecule has 0 aliphatic rings. The van der Waals surface area contributed by atoms with E-state index < -0.39 is 0 Å². The van der Waals surface area contributed by atoms with Gasteiger partial charge in [0.05, 0.1) is 0 Å². The highest BCUT2D eigenvalue weighted by Crippen LogP contribution is 2.20. The van der Waals surface area contributed by atoms with Crippen LogP contribution in [0.5, 0.6) is 11.5 Å². The van der Waals surface area contributed by atoms with E-state index in [2.05, 4.69) is 43.3 Å². The van der Waals surface area contributed by atoms with Gasteiger partial charge in [0.1, 0.15) is 17.6 Å². The van der Waals surface area contributed by atoms with Crippen LogP contribution in [0.3, 0.4) is 0 Å². The normalized spacial score (nSPS) is 11.7. The van der Waals surface area contributed by atoms with E-state index in [1.165, 1.54) is 193 Å². The summed E-state index contributed by atoms with van der Waals surface area (Å²) in [7, 11) is 4.12. The van der Waals surface area contributed by atoms with E-state index >= 15 is 0 Å². The lowest BCUT2D eigenvalue weighted by Gasteiger charge is -2.18.